The highest BCUT2D eigenvalue weighted by Gasteiger charge is 2.46. The van der Waals surface area contributed by atoms with Gasteiger partial charge in [-0.15, -0.1) is 0 Å². The molecule has 2 heterocycles. The Morgan fingerprint density at radius 3 is 2.73 bits per heavy atom. The summed E-state index contributed by atoms with van der Waals surface area (Å²) >= 11 is 0. The van der Waals surface area contributed by atoms with E-state index in [0.717, 1.165) is 29.7 Å². The Kier molecular flexibility index (Phi) is 4.47. The van der Waals surface area contributed by atoms with Crippen molar-refractivity contribution in [2.24, 2.45) is 0 Å². The topological polar surface area (TPSA) is 50.7 Å². The van der Waals surface area contributed by atoms with Crippen molar-refractivity contribution in [1.29, 1.82) is 0 Å². The van der Waals surface area contributed by atoms with Gasteiger partial charge in [0.2, 0.25) is 0 Å². The number of benzene rings is 1. The Bertz CT molecular complexity index is 558. The predicted molar refractivity (Wildman–Crippen MR) is 80.5 cm³/mol. The van der Waals surface area contributed by atoms with Crippen LogP contribution >= 0.6 is 0 Å². The molecule has 1 aromatic rings. The van der Waals surface area contributed by atoms with E-state index in [9.17, 15) is 9.50 Å². The van der Waals surface area contributed by atoms with Gasteiger partial charge in [0.15, 0.2) is 0 Å². The molecule has 2 saturated heterocycles. The normalized spacial score (nSPS) is 32.9. The molecule has 120 valence electrons. The number of aliphatic hydroxyl groups is 1. The van der Waals surface area contributed by atoms with E-state index >= 15 is 0 Å². The zero-order valence-electron chi connectivity index (χ0n) is 12.9. The van der Waals surface area contributed by atoms with Crippen LogP contribution in [0.4, 0.5) is 4.39 Å². The monoisotopic (exact) mass is 307 g/mol. The number of nitrogens with one attached hydrogen (secondary N) is 1. The lowest BCUT2D eigenvalue weighted by Crippen LogP contribution is -2.34. The molecule has 2 aliphatic heterocycles. The van der Waals surface area contributed by atoms with E-state index in [1.54, 1.807) is 7.11 Å². The van der Waals surface area contributed by atoms with Crippen LogP contribution in [0.15, 0.2) is 35.5 Å². The lowest BCUT2D eigenvalue weighted by molar-refractivity contribution is 0.000897. The third kappa shape index (κ3) is 2.76. The standard InChI is InChI=1S/C17H22FNO3/c1-3-14(19-21-2)16-13(10-4-6-11(18)7-5-10)8-12-9-15(20)17(16)22-12/h4-7,12-13,15,17,19-20H,3,8-9H2,1-2H3/t12?,13-,15?,17+/m0/s1. The van der Waals surface area contributed by atoms with Gasteiger partial charge in [-0.1, -0.05) is 19.1 Å². The average Bonchev–Trinajstić information content (AvgIpc) is 2.81. The molecule has 1 aromatic carbocycles. The van der Waals surface area contributed by atoms with Crippen molar-refractivity contribution in [2.45, 2.75) is 50.4 Å². The molecule has 4 nitrogen and oxygen atoms in total. The largest absolute Gasteiger partial charge is 0.390 e. The summed E-state index contributed by atoms with van der Waals surface area (Å²) in [6.07, 6.45) is 1.44. The van der Waals surface area contributed by atoms with Gasteiger partial charge in [-0.25, -0.2) is 4.39 Å². The van der Waals surface area contributed by atoms with Crippen LogP contribution in [0.2, 0.25) is 0 Å². The fourth-order valence-corrected chi connectivity index (χ4v) is 3.62. The van der Waals surface area contributed by atoms with Gasteiger partial charge in [0.05, 0.1) is 19.3 Å². The molecule has 3 rings (SSSR count). The second-order valence-electron chi connectivity index (χ2n) is 5.92. The first kappa shape index (κ1) is 15.5. The molecule has 0 aromatic heterocycles. The number of ether oxygens (including phenoxy) is 1. The molecular formula is C17H22FNO3. The second-order valence-corrected chi connectivity index (χ2v) is 5.92. The molecule has 2 fully saturated rings. The highest BCUT2D eigenvalue weighted by atomic mass is 19.1. The maximum absolute atomic E-state index is 13.2. The van der Waals surface area contributed by atoms with Crippen LogP contribution in [-0.2, 0) is 9.57 Å². The fraction of sp³-hybridized carbons (Fsp3) is 0.529. The Labute approximate surface area is 129 Å². The Hall–Kier alpha value is -1.43. The van der Waals surface area contributed by atoms with Crippen LogP contribution < -0.4 is 5.48 Å². The van der Waals surface area contributed by atoms with E-state index in [0.29, 0.717) is 6.42 Å². The van der Waals surface area contributed by atoms with Crippen LogP contribution in [0.25, 0.3) is 0 Å². The van der Waals surface area contributed by atoms with Gasteiger partial charge in [0, 0.05) is 18.0 Å². The van der Waals surface area contributed by atoms with Crippen molar-refractivity contribution >= 4 is 0 Å². The van der Waals surface area contributed by atoms with Crippen molar-refractivity contribution in [2.75, 3.05) is 7.11 Å². The molecule has 4 atom stereocenters. The molecule has 2 bridgehead atoms. The number of rotatable bonds is 4. The summed E-state index contributed by atoms with van der Waals surface area (Å²) in [4.78, 5) is 5.09. The van der Waals surface area contributed by atoms with Crippen molar-refractivity contribution in [3.8, 4) is 0 Å². The van der Waals surface area contributed by atoms with Gasteiger partial charge in [-0.05, 0) is 36.1 Å². The SMILES string of the molecule is CCC(NOC)=C1[C@H](c2ccc(F)cc2)CC2CC(O)[C@H]1O2. The number of allylic oxidation sites excluding steroid dienone is 1. The van der Waals surface area contributed by atoms with Crippen molar-refractivity contribution in [3.05, 3.63) is 46.9 Å². The third-order valence-electron chi connectivity index (χ3n) is 4.57. The summed E-state index contributed by atoms with van der Waals surface area (Å²) in [5.74, 6) is -0.130. The fourth-order valence-electron chi connectivity index (χ4n) is 3.62. The van der Waals surface area contributed by atoms with Crippen LogP contribution in [0, 0.1) is 5.82 Å². The summed E-state index contributed by atoms with van der Waals surface area (Å²) in [5.41, 5.74) is 5.94. The van der Waals surface area contributed by atoms with E-state index < -0.39 is 6.10 Å². The number of hydrogen-bond donors (Lipinski definition) is 2. The Morgan fingerprint density at radius 2 is 2.09 bits per heavy atom. The Balaban J connectivity index is 2.04. The smallest absolute Gasteiger partial charge is 0.123 e. The molecule has 2 unspecified atom stereocenters. The molecule has 22 heavy (non-hydrogen) atoms. The lowest BCUT2D eigenvalue weighted by Gasteiger charge is -2.34. The van der Waals surface area contributed by atoms with Crippen molar-refractivity contribution < 1.29 is 19.1 Å². The van der Waals surface area contributed by atoms with E-state index in [1.807, 2.05) is 19.1 Å². The molecule has 5 heteroatoms. The number of aliphatic hydroxyl groups excluding tert-OH is 1. The second kappa shape index (κ2) is 6.36. The van der Waals surface area contributed by atoms with E-state index in [1.165, 1.54) is 12.1 Å². The number of hydrogen-bond acceptors (Lipinski definition) is 4. The molecule has 2 N–H and O–H groups in total. The Morgan fingerprint density at radius 1 is 1.36 bits per heavy atom. The van der Waals surface area contributed by atoms with Gasteiger partial charge in [-0.3, -0.25) is 10.3 Å². The first-order valence-corrected chi connectivity index (χ1v) is 7.75. The third-order valence-corrected chi connectivity index (χ3v) is 4.57. The van der Waals surface area contributed by atoms with Crippen LogP contribution in [0.3, 0.4) is 0 Å². The number of fused-ring (bicyclic) bond motifs is 2. The van der Waals surface area contributed by atoms with Gasteiger partial charge in [0.25, 0.3) is 0 Å². The molecule has 2 aliphatic rings. The summed E-state index contributed by atoms with van der Waals surface area (Å²) in [6, 6.07) is 6.60. The van der Waals surface area contributed by atoms with Crippen molar-refractivity contribution in [1.82, 2.24) is 5.48 Å². The summed E-state index contributed by atoms with van der Waals surface area (Å²) in [6.45, 7) is 2.03. The molecule has 0 saturated carbocycles. The predicted octanol–water partition coefficient (Wildman–Crippen LogP) is 2.65. The highest BCUT2D eigenvalue weighted by Crippen LogP contribution is 2.46. The zero-order valence-corrected chi connectivity index (χ0v) is 12.9. The van der Waals surface area contributed by atoms with Gasteiger partial charge >= 0.3 is 0 Å². The molecule has 0 radical (unpaired) electrons. The maximum atomic E-state index is 13.2. The van der Waals surface area contributed by atoms with Crippen molar-refractivity contribution in [3.63, 3.8) is 0 Å². The van der Waals surface area contributed by atoms with Gasteiger partial charge in [0.1, 0.15) is 11.9 Å². The molecule has 0 aliphatic carbocycles. The van der Waals surface area contributed by atoms with E-state index in [4.69, 9.17) is 9.57 Å². The number of hydroxylamine groups is 1. The summed E-state index contributed by atoms with van der Waals surface area (Å²) < 4.78 is 19.2. The van der Waals surface area contributed by atoms with Gasteiger partial charge in [-0.2, -0.15) is 0 Å². The van der Waals surface area contributed by atoms with Gasteiger partial charge < -0.3 is 9.84 Å². The molecule has 0 amide bonds. The summed E-state index contributed by atoms with van der Waals surface area (Å²) in [5, 5.41) is 10.3. The van der Waals surface area contributed by atoms with Crippen LogP contribution in [-0.4, -0.2) is 30.5 Å². The van der Waals surface area contributed by atoms with Crippen LogP contribution in [0.5, 0.6) is 0 Å². The van der Waals surface area contributed by atoms with E-state index in [2.05, 4.69) is 5.48 Å². The quantitative estimate of drug-likeness (QED) is 0.840. The summed E-state index contributed by atoms with van der Waals surface area (Å²) in [7, 11) is 1.57. The molecular weight excluding hydrogens is 285 g/mol. The number of halogens is 1. The maximum Gasteiger partial charge on any atom is 0.123 e. The van der Waals surface area contributed by atoms with E-state index in [-0.39, 0.29) is 23.9 Å². The zero-order chi connectivity index (χ0) is 15.7. The average molecular weight is 307 g/mol. The first-order valence-electron chi connectivity index (χ1n) is 7.75. The van der Waals surface area contributed by atoms with Crippen LogP contribution in [0.1, 0.15) is 37.7 Å². The minimum Gasteiger partial charge on any atom is -0.390 e. The minimum atomic E-state index is -0.495. The first-order chi connectivity index (χ1) is 10.6. The molecule has 0 spiro atoms. The lowest BCUT2D eigenvalue weighted by atomic mass is 9.82. The highest BCUT2D eigenvalue weighted by molar-refractivity contribution is 5.37. The minimum absolute atomic E-state index is 0.0551.